The first-order valence-electron chi connectivity index (χ1n) is 3.71. The maximum Gasteiger partial charge on any atom is 0.294 e. The van der Waals surface area contributed by atoms with Gasteiger partial charge in [0, 0.05) is 12.7 Å². The minimum atomic E-state index is -4.08. The third-order valence-electron chi connectivity index (χ3n) is 1.77. The van der Waals surface area contributed by atoms with Crippen LogP contribution in [0.4, 0.5) is 5.69 Å². The molecule has 0 unspecified atom stereocenters. The van der Waals surface area contributed by atoms with E-state index in [2.05, 4.69) is 5.32 Å². The average Bonchev–Trinajstić information content (AvgIpc) is 2.02. The summed E-state index contributed by atoms with van der Waals surface area (Å²) < 4.78 is 30.2. The van der Waals surface area contributed by atoms with Gasteiger partial charge in [-0.25, -0.2) is 0 Å². The Hall–Kier alpha value is -1.07. The molecule has 1 rings (SSSR count). The zero-order valence-electron chi connectivity index (χ0n) is 7.40. The van der Waals surface area contributed by atoms with Gasteiger partial charge in [0.15, 0.2) is 0 Å². The van der Waals surface area contributed by atoms with Crippen LogP contribution in [0.2, 0.25) is 0 Å². The summed E-state index contributed by atoms with van der Waals surface area (Å²) in [5, 5.41) is 2.90. The van der Waals surface area contributed by atoms with Crippen molar-refractivity contribution in [2.75, 3.05) is 12.4 Å². The Morgan fingerprint density at radius 1 is 1.38 bits per heavy atom. The number of anilines is 1. The normalized spacial score (nSPS) is 11.3. The molecule has 0 aromatic heterocycles. The molecule has 0 radical (unpaired) electrons. The molecular weight excluding hydrogens is 190 g/mol. The van der Waals surface area contributed by atoms with Crippen LogP contribution in [0.25, 0.3) is 0 Å². The quantitative estimate of drug-likeness (QED) is 0.707. The second-order valence-corrected chi connectivity index (χ2v) is 4.12. The third kappa shape index (κ3) is 2.19. The summed E-state index contributed by atoms with van der Waals surface area (Å²) in [7, 11) is -2.33. The van der Waals surface area contributed by atoms with Crippen molar-refractivity contribution in [3.8, 4) is 0 Å². The molecule has 0 bridgehead atoms. The standard InChI is InChI=1S/C8H11NO3S/c1-6-5-7(13(10,11)12)3-4-8(6)9-2/h3-5,9H,1-2H3,(H,10,11,12). The molecule has 0 amide bonds. The van der Waals surface area contributed by atoms with Crippen molar-refractivity contribution in [3.05, 3.63) is 23.8 Å². The predicted molar refractivity (Wildman–Crippen MR) is 50.5 cm³/mol. The van der Waals surface area contributed by atoms with E-state index in [0.29, 0.717) is 0 Å². The van der Waals surface area contributed by atoms with Crippen LogP contribution in [0.3, 0.4) is 0 Å². The van der Waals surface area contributed by atoms with Gasteiger partial charge in [-0.3, -0.25) is 4.55 Å². The zero-order valence-corrected chi connectivity index (χ0v) is 8.22. The van der Waals surface area contributed by atoms with E-state index in [1.165, 1.54) is 12.1 Å². The van der Waals surface area contributed by atoms with Crippen LogP contribution in [-0.2, 0) is 10.1 Å². The lowest BCUT2D eigenvalue weighted by Gasteiger charge is -2.05. The number of hydrogen-bond acceptors (Lipinski definition) is 3. The topological polar surface area (TPSA) is 66.4 Å². The smallest absolute Gasteiger partial charge is 0.294 e. The molecule has 0 aliphatic heterocycles. The van der Waals surface area contributed by atoms with Crippen molar-refractivity contribution >= 4 is 15.8 Å². The highest BCUT2D eigenvalue weighted by Crippen LogP contribution is 2.18. The van der Waals surface area contributed by atoms with Crippen molar-refractivity contribution in [1.82, 2.24) is 0 Å². The number of nitrogens with one attached hydrogen (secondary N) is 1. The zero-order chi connectivity index (χ0) is 10.1. The average molecular weight is 201 g/mol. The van der Waals surface area contributed by atoms with Crippen molar-refractivity contribution in [2.24, 2.45) is 0 Å². The van der Waals surface area contributed by atoms with Gasteiger partial charge in [-0.1, -0.05) is 0 Å². The first-order chi connectivity index (χ1) is 5.95. The molecule has 5 heteroatoms. The molecule has 0 heterocycles. The van der Waals surface area contributed by atoms with Gasteiger partial charge in [0.05, 0.1) is 4.90 Å². The Morgan fingerprint density at radius 3 is 2.38 bits per heavy atom. The van der Waals surface area contributed by atoms with E-state index in [-0.39, 0.29) is 4.90 Å². The van der Waals surface area contributed by atoms with Crippen LogP contribution in [0.1, 0.15) is 5.56 Å². The fraction of sp³-hybridized carbons (Fsp3) is 0.250. The molecule has 2 N–H and O–H groups in total. The molecule has 0 aliphatic carbocycles. The van der Waals surface area contributed by atoms with Gasteiger partial charge < -0.3 is 5.32 Å². The summed E-state index contributed by atoms with van der Waals surface area (Å²) in [4.78, 5) is -0.0796. The summed E-state index contributed by atoms with van der Waals surface area (Å²) in [6.45, 7) is 1.76. The van der Waals surface area contributed by atoms with Crippen LogP contribution in [0.5, 0.6) is 0 Å². The van der Waals surface area contributed by atoms with E-state index in [0.717, 1.165) is 11.3 Å². The van der Waals surface area contributed by atoms with Gasteiger partial charge in [-0.2, -0.15) is 8.42 Å². The Kier molecular flexibility index (Phi) is 2.58. The summed E-state index contributed by atoms with van der Waals surface area (Å²) in [5.41, 5.74) is 1.62. The Balaban J connectivity index is 3.26. The largest absolute Gasteiger partial charge is 0.388 e. The first kappa shape index (κ1) is 10.0. The number of aryl methyl sites for hydroxylation is 1. The third-order valence-corrected chi connectivity index (χ3v) is 2.61. The SMILES string of the molecule is CNc1ccc(S(=O)(=O)O)cc1C. The van der Waals surface area contributed by atoms with E-state index in [1.54, 1.807) is 20.0 Å². The lowest BCUT2D eigenvalue weighted by molar-refractivity contribution is 0.483. The van der Waals surface area contributed by atoms with Crippen molar-refractivity contribution in [2.45, 2.75) is 11.8 Å². The number of benzene rings is 1. The highest BCUT2D eigenvalue weighted by molar-refractivity contribution is 7.85. The fourth-order valence-corrected chi connectivity index (χ4v) is 1.64. The van der Waals surface area contributed by atoms with Gasteiger partial charge in [0.2, 0.25) is 0 Å². The molecule has 0 fully saturated rings. The van der Waals surface area contributed by atoms with Crippen molar-refractivity contribution in [1.29, 1.82) is 0 Å². The number of rotatable bonds is 2. The number of hydrogen-bond donors (Lipinski definition) is 2. The van der Waals surface area contributed by atoms with Crippen LogP contribution in [-0.4, -0.2) is 20.0 Å². The lowest BCUT2D eigenvalue weighted by Crippen LogP contribution is -2.00. The van der Waals surface area contributed by atoms with E-state index in [9.17, 15) is 8.42 Å². The molecule has 4 nitrogen and oxygen atoms in total. The Morgan fingerprint density at radius 2 is 2.00 bits per heavy atom. The second-order valence-electron chi connectivity index (χ2n) is 2.70. The van der Waals surface area contributed by atoms with Gasteiger partial charge in [-0.05, 0) is 30.7 Å². The molecule has 0 atom stereocenters. The maximum atomic E-state index is 10.7. The Bertz CT molecular complexity index is 411. The molecule has 0 saturated carbocycles. The Labute approximate surface area is 77.3 Å². The molecule has 0 spiro atoms. The summed E-state index contributed by atoms with van der Waals surface area (Å²) >= 11 is 0. The highest BCUT2D eigenvalue weighted by atomic mass is 32.2. The molecule has 13 heavy (non-hydrogen) atoms. The first-order valence-corrected chi connectivity index (χ1v) is 5.15. The van der Waals surface area contributed by atoms with Crippen LogP contribution < -0.4 is 5.32 Å². The van der Waals surface area contributed by atoms with E-state index in [4.69, 9.17) is 4.55 Å². The highest BCUT2D eigenvalue weighted by Gasteiger charge is 2.09. The summed E-state index contributed by atoms with van der Waals surface area (Å²) in [5.74, 6) is 0. The minimum absolute atomic E-state index is 0.0796. The second kappa shape index (κ2) is 3.35. The molecule has 72 valence electrons. The van der Waals surface area contributed by atoms with E-state index >= 15 is 0 Å². The lowest BCUT2D eigenvalue weighted by atomic mass is 10.2. The predicted octanol–water partition coefficient (Wildman–Crippen LogP) is 1.28. The molecule has 1 aromatic rings. The van der Waals surface area contributed by atoms with Gasteiger partial charge in [0.25, 0.3) is 10.1 Å². The summed E-state index contributed by atoms with van der Waals surface area (Å²) in [6.07, 6.45) is 0. The van der Waals surface area contributed by atoms with Crippen LogP contribution in [0, 0.1) is 6.92 Å². The van der Waals surface area contributed by atoms with Gasteiger partial charge in [-0.15, -0.1) is 0 Å². The van der Waals surface area contributed by atoms with E-state index in [1.807, 2.05) is 0 Å². The minimum Gasteiger partial charge on any atom is -0.388 e. The molecule has 0 saturated heterocycles. The van der Waals surface area contributed by atoms with Gasteiger partial charge in [0.1, 0.15) is 0 Å². The fourth-order valence-electron chi connectivity index (χ4n) is 1.08. The molecule has 0 aliphatic rings. The van der Waals surface area contributed by atoms with Crippen LogP contribution in [0.15, 0.2) is 23.1 Å². The molecule has 1 aromatic carbocycles. The van der Waals surface area contributed by atoms with Crippen molar-refractivity contribution < 1.29 is 13.0 Å². The van der Waals surface area contributed by atoms with E-state index < -0.39 is 10.1 Å². The summed E-state index contributed by atoms with van der Waals surface area (Å²) in [6, 6.07) is 4.38. The van der Waals surface area contributed by atoms with Crippen LogP contribution >= 0.6 is 0 Å². The molecular formula is C8H11NO3S. The van der Waals surface area contributed by atoms with Gasteiger partial charge >= 0.3 is 0 Å². The van der Waals surface area contributed by atoms with Crippen molar-refractivity contribution in [3.63, 3.8) is 0 Å². The maximum absolute atomic E-state index is 10.7. The monoisotopic (exact) mass is 201 g/mol.